The Morgan fingerprint density at radius 1 is 1.05 bits per heavy atom. The summed E-state index contributed by atoms with van der Waals surface area (Å²) < 4.78 is 66.0. The zero-order valence-corrected chi connectivity index (χ0v) is 23.3. The van der Waals surface area contributed by atoms with Gasteiger partial charge in [0.15, 0.2) is 0 Å². The predicted molar refractivity (Wildman–Crippen MR) is 144 cm³/mol. The van der Waals surface area contributed by atoms with Crippen LogP contribution in [0, 0.1) is 6.92 Å². The lowest BCUT2D eigenvalue weighted by Crippen LogP contribution is -2.54. The van der Waals surface area contributed by atoms with Crippen LogP contribution in [-0.2, 0) is 32.3 Å². The van der Waals surface area contributed by atoms with Crippen molar-refractivity contribution in [3.8, 4) is 0 Å². The smallest absolute Gasteiger partial charge is 0.352 e. The van der Waals surface area contributed by atoms with Crippen LogP contribution in [0.2, 0.25) is 0 Å². The molecule has 2 aromatic rings. The molecule has 1 fully saturated rings. The van der Waals surface area contributed by atoms with Crippen LogP contribution in [0.4, 0.5) is 18.9 Å². The van der Waals surface area contributed by atoms with Gasteiger partial charge in [-0.05, 0) is 49.9 Å². The highest BCUT2D eigenvalue weighted by Gasteiger charge is 2.34. The molecule has 0 aromatic heterocycles. The molecule has 39 heavy (non-hydrogen) atoms. The van der Waals surface area contributed by atoms with Crippen molar-refractivity contribution in [2.75, 3.05) is 17.1 Å². The Balaban J connectivity index is 1.95. The first-order valence-corrected chi connectivity index (χ1v) is 14.9. The van der Waals surface area contributed by atoms with Crippen LogP contribution in [-0.4, -0.2) is 50.0 Å². The standard InChI is InChI=1S/C28H36F3N3O4S/c1-4-25(27(36)32-23-13-6-5-7-14-23)33(18-21-11-8-10-20(2)16-21)26(35)19-34(39(3,37)38)24-15-9-12-22(17-24)28(29,30)31/h8-12,15-17,23,25H,4-7,13-14,18-19H2,1-3H3,(H,32,36)/t25-/m1/s1. The lowest BCUT2D eigenvalue weighted by molar-refractivity contribution is -0.140. The van der Waals surface area contributed by atoms with Gasteiger partial charge in [-0.25, -0.2) is 8.42 Å². The summed E-state index contributed by atoms with van der Waals surface area (Å²) in [6.07, 6.45) is 1.25. The molecule has 214 valence electrons. The molecule has 0 bridgehead atoms. The average Bonchev–Trinajstić information content (AvgIpc) is 2.86. The summed E-state index contributed by atoms with van der Waals surface area (Å²) in [4.78, 5) is 28.5. The van der Waals surface area contributed by atoms with E-state index in [1.54, 1.807) is 13.0 Å². The fourth-order valence-electron chi connectivity index (χ4n) is 4.92. The van der Waals surface area contributed by atoms with Gasteiger partial charge < -0.3 is 10.2 Å². The molecule has 0 unspecified atom stereocenters. The summed E-state index contributed by atoms with van der Waals surface area (Å²) in [6, 6.07) is 10.3. The Kier molecular flexibility index (Phi) is 10.0. The molecule has 1 saturated carbocycles. The van der Waals surface area contributed by atoms with Gasteiger partial charge in [0, 0.05) is 12.6 Å². The summed E-state index contributed by atoms with van der Waals surface area (Å²) >= 11 is 0. The van der Waals surface area contributed by atoms with Crippen molar-refractivity contribution < 1.29 is 31.2 Å². The Morgan fingerprint density at radius 3 is 2.31 bits per heavy atom. The summed E-state index contributed by atoms with van der Waals surface area (Å²) in [5, 5.41) is 3.05. The van der Waals surface area contributed by atoms with Gasteiger partial charge in [0.05, 0.1) is 17.5 Å². The lowest BCUT2D eigenvalue weighted by Gasteiger charge is -2.34. The minimum atomic E-state index is -4.69. The molecule has 1 atom stereocenters. The molecule has 2 amide bonds. The third-order valence-corrected chi connectivity index (χ3v) is 8.05. The SMILES string of the molecule is CC[C@H](C(=O)NC1CCCCC1)N(Cc1cccc(C)c1)C(=O)CN(c1cccc(C(F)(F)F)c1)S(C)(=O)=O. The molecule has 11 heteroatoms. The van der Waals surface area contributed by atoms with E-state index in [0.717, 1.165) is 61.6 Å². The van der Waals surface area contributed by atoms with Crippen molar-refractivity contribution in [3.05, 3.63) is 65.2 Å². The number of hydrogen-bond acceptors (Lipinski definition) is 4. The number of nitrogens with zero attached hydrogens (tertiary/aromatic N) is 2. The number of hydrogen-bond donors (Lipinski definition) is 1. The first kappa shape index (κ1) is 30.5. The summed E-state index contributed by atoms with van der Waals surface area (Å²) in [5.74, 6) is -1.01. The number of rotatable bonds is 10. The molecule has 3 rings (SSSR count). The van der Waals surface area contributed by atoms with Crippen LogP contribution in [0.25, 0.3) is 0 Å². The van der Waals surface area contributed by atoms with Crippen LogP contribution >= 0.6 is 0 Å². The highest BCUT2D eigenvalue weighted by atomic mass is 32.2. The molecule has 1 N–H and O–H groups in total. The first-order chi connectivity index (χ1) is 18.3. The molecular weight excluding hydrogens is 531 g/mol. The lowest BCUT2D eigenvalue weighted by atomic mass is 9.95. The monoisotopic (exact) mass is 567 g/mol. The second-order valence-electron chi connectivity index (χ2n) is 10.1. The van der Waals surface area contributed by atoms with E-state index >= 15 is 0 Å². The van der Waals surface area contributed by atoms with Gasteiger partial charge in [-0.2, -0.15) is 13.2 Å². The fraction of sp³-hybridized carbons (Fsp3) is 0.500. The van der Waals surface area contributed by atoms with Crippen molar-refractivity contribution in [3.63, 3.8) is 0 Å². The molecule has 2 aromatic carbocycles. The average molecular weight is 568 g/mol. The van der Waals surface area contributed by atoms with Gasteiger partial charge in [-0.3, -0.25) is 13.9 Å². The van der Waals surface area contributed by atoms with E-state index in [9.17, 15) is 31.2 Å². The number of halogens is 3. The molecule has 0 radical (unpaired) electrons. The summed E-state index contributed by atoms with van der Waals surface area (Å²) in [5.41, 5.74) is 0.380. The Labute approximate surface area is 228 Å². The highest BCUT2D eigenvalue weighted by Crippen LogP contribution is 2.32. The van der Waals surface area contributed by atoms with Gasteiger partial charge in [-0.1, -0.05) is 62.1 Å². The molecule has 1 aliphatic carbocycles. The van der Waals surface area contributed by atoms with Crippen molar-refractivity contribution >= 4 is 27.5 Å². The predicted octanol–water partition coefficient (Wildman–Crippen LogP) is 5.04. The normalized spacial score (nSPS) is 15.4. The zero-order chi connectivity index (χ0) is 28.8. The highest BCUT2D eigenvalue weighted by molar-refractivity contribution is 7.92. The number of anilines is 1. The molecule has 0 aliphatic heterocycles. The minimum Gasteiger partial charge on any atom is -0.352 e. The Morgan fingerprint density at radius 2 is 1.72 bits per heavy atom. The summed E-state index contributed by atoms with van der Waals surface area (Å²) in [7, 11) is -4.15. The third-order valence-electron chi connectivity index (χ3n) is 6.91. The number of carbonyl (C=O) groups is 2. The molecule has 1 aliphatic rings. The fourth-order valence-corrected chi connectivity index (χ4v) is 5.76. The van der Waals surface area contributed by atoms with Gasteiger partial charge in [0.25, 0.3) is 0 Å². The van der Waals surface area contributed by atoms with Crippen molar-refractivity contribution in [1.29, 1.82) is 0 Å². The number of amides is 2. The summed E-state index contributed by atoms with van der Waals surface area (Å²) in [6.45, 7) is 2.95. The van der Waals surface area contributed by atoms with Gasteiger partial charge in [0.2, 0.25) is 21.8 Å². The number of aryl methyl sites for hydroxylation is 1. The van der Waals surface area contributed by atoms with Crippen LogP contribution in [0.3, 0.4) is 0 Å². The van der Waals surface area contributed by atoms with Crippen LogP contribution in [0.15, 0.2) is 48.5 Å². The third kappa shape index (κ3) is 8.45. The van der Waals surface area contributed by atoms with E-state index in [2.05, 4.69) is 5.32 Å². The Bertz CT molecular complexity index is 1260. The van der Waals surface area contributed by atoms with Crippen molar-refractivity contribution in [2.24, 2.45) is 0 Å². The second kappa shape index (κ2) is 12.8. The number of alkyl halides is 3. The molecule has 0 saturated heterocycles. The molecular formula is C28H36F3N3O4S. The number of nitrogens with one attached hydrogen (secondary N) is 1. The maximum atomic E-state index is 13.8. The maximum absolute atomic E-state index is 13.8. The van der Waals surface area contributed by atoms with E-state index in [0.29, 0.717) is 10.4 Å². The van der Waals surface area contributed by atoms with Crippen LogP contribution in [0.1, 0.15) is 62.1 Å². The van der Waals surface area contributed by atoms with E-state index in [-0.39, 0.29) is 30.6 Å². The largest absolute Gasteiger partial charge is 0.416 e. The van der Waals surface area contributed by atoms with E-state index in [1.807, 2.05) is 25.1 Å². The number of benzene rings is 2. The molecule has 0 spiro atoms. The number of sulfonamides is 1. The number of carbonyl (C=O) groups excluding carboxylic acids is 2. The van der Waals surface area contributed by atoms with Gasteiger partial charge in [-0.15, -0.1) is 0 Å². The maximum Gasteiger partial charge on any atom is 0.416 e. The zero-order valence-electron chi connectivity index (χ0n) is 22.5. The van der Waals surface area contributed by atoms with Crippen LogP contribution in [0.5, 0.6) is 0 Å². The van der Waals surface area contributed by atoms with Crippen molar-refractivity contribution in [1.82, 2.24) is 10.2 Å². The van der Waals surface area contributed by atoms with E-state index < -0.39 is 40.3 Å². The topological polar surface area (TPSA) is 86.8 Å². The van der Waals surface area contributed by atoms with Crippen LogP contribution < -0.4 is 9.62 Å². The van der Waals surface area contributed by atoms with E-state index in [4.69, 9.17) is 0 Å². The van der Waals surface area contributed by atoms with E-state index in [1.165, 1.54) is 11.0 Å². The molecule has 0 heterocycles. The van der Waals surface area contributed by atoms with Gasteiger partial charge in [0.1, 0.15) is 12.6 Å². The first-order valence-electron chi connectivity index (χ1n) is 13.1. The van der Waals surface area contributed by atoms with Crippen molar-refractivity contribution in [2.45, 2.75) is 77.2 Å². The molecule has 7 nitrogen and oxygen atoms in total. The second-order valence-corrected chi connectivity index (χ2v) is 12.0. The quantitative estimate of drug-likeness (QED) is 0.436. The van der Waals surface area contributed by atoms with Gasteiger partial charge >= 0.3 is 6.18 Å². The Hall–Kier alpha value is -3.08. The minimum absolute atomic E-state index is 0.00819.